The topological polar surface area (TPSA) is 55.8 Å². The number of anilines is 1. The molecule has 0 radical (unpaired) electrons. The third-order valence-electron chi connectivity index (χ3n) is 3.47. The molecule has 0 bridgehead atoms. The quantitative estimate of drug-likeness (QED) is 0.812. The second-order valence-corrected chi connectivity index (χ2v) is 6.27. The number of rotatable bonds is 7. The van der Waals surface area contributed by atoms with E-state index in [1.54, 1.807) is 20.9 Å². The first-order chi connectivity index (χ1) is 10.2. The molecule has 0 unspecified atom stereocenters. The van der Waals surface area contributed by atoms with Gasteiger partial charge in [-0.25, -0.2) is 4.79 Å². The maximum atomic E-state index is 12.0. The monoisotopic (exact) mass is 307 g/mol. The number of amides is 2. The van der Waals surface area contributed by atoms with Gasteiger partial charge in [0.05, 0.1) is 12.1 Å². The molecule has 2 N–H and O–H groups in total. The molecule has 5 nitrogen and oxygen atoms in total. The molecular formula is C17H29N3O2. The van der Waals surface area contributed by atoms with Gasteiger partial charge in [-0.2, -0.15) is 0 Å². The highest BCUT2D eigenvalue weighted by Crippen LogP contribution is 2.18. The molecule has 0 aliphatic heterocycles. The zero-order valence-corrected chi connectivity index (χ0v) is 14.4. The van der Waals surface area contributed by atoms with E-state index in [9.17, 15) is 9.90 Å². The highest BCUT2D eigenvalue weighted by atomic mass is 16.3. The van der Waals surface area contributed by atoms with Gasteiger partial charge in [-0.15, -0.1) is 0 Å². The van der Waals surface area contributed by atoms with Crippen molar-refractivity contribution in [2.45, 2.75) is 33.3 Å². The lowest BCUT2D eigenvalue weighted by atomic mass is 10.1. The molecule has 1 aromatic carbocycles. The van der Waals surface area contributed by atoms with Gasteiger partial charge in [0.25, 0.3) is 0 Å². The first-order valence-electron chi connectivity index (χ1n) is 7.76. The van der Waals surface area contributed by atoms with E-state index in [-0.39, 0.29) is 6.03 Å². The van der Waals surface area contributed by atoms with Crippen molar-refractivity contribution in [2.75, 3.05) is 38.1 Å². The highest BCUT2D eigenvalue weighted by Gasteiger charge is 2.19. The van der Waals surface area contributed by atoms with Gasteiger partial charge in [-0.05, 0) is 39.3 Å². The normalized spacial score (nSPS) is 11.2. The Morgan fingerprint density at radius 1 is 1.32 bits per heavy atom. The largest absolute Gasteiger partial charge is 0.389 e. The van der Waals surface area contributed by atoms with Crippen molar-refractivity contribution < 1.29 is 9.90 Å². The van der Waals surface area contributed by atoms with Crippen LogP contribution in [0.2, 0.25) is 0 Å². The zero-order valence-electron chi connectivity index (χ0n) is 14.4. The smallest absolute Gasteiger partial charge is 0.317 e. The van der Waals surface area contributed by atoms with Gasteiger partial charge in [0, 0.05) is 32.4 Å². The maximum Gasteiger partial charge on any atom is 0.317 e. The number of aryl methyl sites for hydroxylation is 1. The number of aliphatic hydroxyl groups is 1. The van der Waals surface area contributed by atoms with E-state index in [1.807, 2.05) is 12.1 Å². The Balaban J connectivity index is 2.48. The molecule has 0 aliphatic rings. The fourth-order valence-electron chi connectivity index (χ4n) is 2.45. The molecule has 124 valence electrons. The second-order valence-electron chi connectivity index (χ2n) is 6.27. The molecule has 0 spiro atoms. The highest BCUT2D eigenvalue weighted by molar-refractivity contribution is 5.74. The number of hydrogen-bond donors (Lipinski definition) is 2. The van der Waals surface area contributed by atoms with E-state index >= 15 is 0 Å². The van der Waals surface area contributed by atoms with Gasteiger partial charge >= 0.3 is 6.03 Å². The minimum absolute atomic E-state index is 0.164. The van der Waals surface area contributed by atoms with E-state index in [4.69, 9.17) is 0 Å². The molecule has 0 atom stereocenters. The number of nitrogens with one attached hydrogen (secondary N) is 1. The van der Waals surface area contributed by atoms with Crippen molar-refractivity contribution in [2.24, 2.45) is 0 Å². The minimum atomic E-state index is -0.886. The summed E-state index contributed by atoms with van der Waals surface area (Å²) in [6.07, 6.45) is 0. The lowest BCUT2D eigenvalue weighted by Gasteiger charge is -2.27. The Bertz CT molecular complexity index is 483. The van der Waals surface area contributed by atoms with Crippen molar-refractivity contribution in [3.8, 4) is 0 Å². The summed E-state index contributed by atoms with van der Waals surface area (Å²) in [5.41, 5.74) is 1.54. The summed E-state index contributed by atoms with van der Waals surface area (Å²) in [5, 5.41) is 12.6. The predicted molar refractivity (Wildman–Crippen MR) is 91.4 cm³/mol. The van der Waals surface area contributed by atoms with E-state index in [1.165, 1.54) is 16.2 Å². The predicted octanol–water partition coefficient (Wildman–Crippen LogP) is 2.23. The van der Waals surface area contributed by atoms with Crippen LogP contribution in [0.4, 0.5) is 10.5 Å². The summed E-state index contributed by atoms with van der Waals surface area (Å²) in [6.45, 7) is 10.1. The Labute approximate surface area is 133 Å². The number of hydrogen-bond acceptors (Lipinski definition) is 3. The molecule has 2 amide bonds. The van der Waals surface area contributed by atoms with Gasteiger partial charge < -0.3 is 20.2 Å². The van der Waals surface area contributed by atoms with E-state index < -0.39 is 5.60 Å². The second kappa shape index (κ2) is 8.03. The number of nitrogens with zero attached hydrogens (tertiary/aromatic N) is 2. The Morgan fingerprint density at radius 2 is 1.95 bits per heavy atom. The number of urea groups is 1. The van der Waals surface area contributed by atoms with Crippen LogP contribution in [0, 0.1) is 6.92 Å². The van der Waals surface area contributed by atoms with Crippen molar-refractivity contribution in [1.82, 2.24) is 10.2 Å². The number of likely N-dealkylation sites (N-methyl/N-ethyl adjacent to an activating group) is 2. The standard InChI is InChI=1S/C17H29N3O2/c1-6-20(15-10-8-7-9-14(15)2)12-11-18-16(21)19(5)13-17(3,4)22/h7-10,22H,6,11-13H2,1-5H3,(H,18,21). The van der Waals surface area contributed by atoms with Gasteiger partial charge in [0.15, 0.2) is 0 Å². The maximum absolute atomic E-state index is 12.0. The van der Waals surface area contributed by atoms with E-state index in [0.717, 1.165) is 13.1 Å². The van der Waals surface area contributed by atoms with Crippen LogP contribution in [0.5, 0.6) is 0 Å². The van der Waals surface area contributed by atoms with Crippen molar-refractivity contribution in [3.63, 3.8) is 0 Å². The summed E-state index contributed by atoms with van der Waals surface area (Å²) in [6, 6.07) is 8.08. The van der Waals surface area contributed by atoms with Crippen LogP contribution >= 0.6 is 0 Å². The van der Waals surface area contributed by atoms with Crippen LogP contribution in [-0.4, -0.2) is 54.9 Å². The van der Waals surface area contributed by atoms with Gasteiger partial charge in [0.1, 0.15) is 0 Å². The van der Waals surface area contributed by atoms with E-state index in [2.05, 4.69) is 36.2 Å². The van der Waals surface area contributed by atoms with Crippen molar-refractivity contribution >= 4 is 11.7 Å². The number of carbonyl (C=O) groups is 1. The average molecular weight is 307 g/mol. The first-order valence-corrected chi connectivity index (χ1v) is 7.76. The average Bonchev–Trinajstić information content (AvgIpc) is 2.42. The molecule has 0 saturated heterocycles. The van der Waals surface area contributed by atoms with Crippen LogP contribution in [-0.2, 0) is 0 Å². The Morgan fingerprint density at radius 3 is 2.50 bits per heavy atom. The summed E-state index contributed by atoms with van der Waals surface area (Å²) in [5.74, 6) is 0. The lowest BCUT2D eigenvalue weighted by molar-refractivity contribution is 0.0532. The molecule has 1 aromatic rings. The SMILES string of the molecule is CCN(CCNC(=O)N(C)CC(C)(C)O)c1ccccc1C. The van der Waals surface area contributed by atoms with Crippen LogP contribution in [0.3, 0.4) is 0 Å². The van der Waals surface area contributed by atoms with Gasteiger partial charge in [-0.3, -0.25) is 0 Å². The van der Waals surface area contributed by atoms with Crippen LogP contribution in [0.1, 0.15) is 26.3 Å². The third kappa shape index (κ3) is 5.93. The van der Waals surface area contributed by atoms with E-state index in [0.29, 0.717) is 13.1 Å². The number of carbonyl (C=O) groups excluding carboxylic acids is 1. The Kier molecular flexibility index (Phi) is 6.68. The van der Waals surface area contributed by atoms with Gasteiger partial charge in [-0.1, -0.05) is 18.2 Å². The Hall–Kier alpha value is -1.75. The fraction of sp³-hybridized carbons (Fsp3) is 0.588. The zero-order chi connectivity index (χ0) is 16.8. The fourth-order valence-corrected chi connectivity index (χ4v) is 2.45. The molecule has 1 rings (SSSR count). The van der Waals surface area contributed by atoms with Crippen molar-refractivity contribution in [3.05, 3.63) is 29.8 Å². The molecule has 0 aromatic heterocycles. The lowest BCUT2D eigenvalue weighted by Crippen LogP contribution is -2.46. The summed E-state index contributed by atoms with van der Waals surface area (Å²) in [7, 11) is 1.69. The summed E-state index contributed by atoms with van der Waals surface area (Å²) >= 11 is 0. The molecule has 0 heterocycles. The van der Waals surface area contributed by atoms with Crippen molar-refractivity contribution in [1.29, 1.82) is 0 Å². The summed E-state index contributed by atoms with van der Waals surface area (Å²) < 4.78 is 0. The van der Waals surface area contributed by atoms with Gasteiger partial charge in [0.2, 0.25) is 0 Å². The molecule has 22 heavy (non-hydrogen) atoms. The molecule has 5 heteroatoms. The van der Waals surface area contributed by atoms with Crippen LogP contribution < -0.4 is 10.2 Å². The molecular weight excluding hydrogens is 278 g/mol. The molecule has 0 aliphatic carbocycles. The minimum Gasteiger partial charge on any atom is -0.389 e. The number of benzene rings is 1. The molecule has 0 saturated carbocycles. The summed E-state index contributed by atoms with van der Waals surface area (Å²) in [4.78, 5) is 15.7. The third-order valence-corrected chi connectivity index (χ3v) is 3.47. The first kappa shape index (κ1) is 18.3. The van der Waals surface area contributed by atoms with Crippen LogP contribution in [0.15, 0.2) is 24.3 Å². The molecule has 0 fully saturated rings. The van der Waals surface area contributed by atoms with Crippen LogP contribution in [0.25, 0.3) is 0 Å². The number of para-hydroxylation sites is 1.